The third-order valence-electron chi connectivity index (χ3n) is 2.13. The number of ether oxygens (including phenoxy) is 1. The fourth-order valence-electron chi connectivity index (χ4n) is 1.31. The van der Waals surface area contributed by atoms with Crippen molar-refractivity contribution in [3.05, 3.63) is 24.3 Å². The van der Waals surface area contributed by atoms with Gasteiger partial charge in [0.2, 0.25) is 0 Å². The van der Waals surface area contributed by atoms with Gasteiger partial charge in [0.1, 0.15) is 6.04 Å². The molecule has 98 valence electrons. The summed E-state index contributed by atoms with van der Waals surface area (Å²) in [5.41, 5.74) is 6.68. The normalized spacial score (nSPS) is 11.4. The molecule has 0 aromatic heterocycles. The number of esters is 1. The number of amides is 2. The molecule has 0 aliphatic rings. The van der Waals surface area contributed by atoms with Gasteiger partial charge in [-0.25, -0.2) is 9.59 Å². The number of hydrogen-bond donors (Lipinski definition) is 3. The van der Waals surface area contributed by atoms with Gasteiger partial charge in [0.15, 0.2) is 0 Å². The second-order valence-corrected chi connectivity index (χ2v) is 3.70. The number of anilines is 2. The molecule has 18 heavy (non-hydrogen) atoms. The lowest BCUT2D eigenvalue weighted by Crippen LogP contribution is -2.41. The Labute approximate surface area is 105 Å². The number of urea groups is 1. The van der Waals surface area contributed by atoms with Crippen molar-refractivity contribution in [3.63, 3.8) is 0 Å². The molecule has 0 saturated carbocycles. The summed E-state index contributed by atoms with van der Waals surface area (Å²) in [5.74, 6) is -0.472. The number of nitrogens with two attached hydrogens (primary N) is 1. The van der Waals surface area contributed by atoms with E-state index in [1.807, 2.05) is 0 Å². The van der Waals surface area contributed by atoms with E-state index in [0.29, 0.717) is 11.4 Å². The molecule has 1 rings (SSSR count). The average Bonchev–Trinajstić information content (AvgIpc) is 2.28. The minimum atomic E-state index is -0.703. The van der Waals surface area contributed by atoms with Crippen LogP contribution in [0.4, 0.5) is 16.2 Å². The van der Waals surface area contributed by atoms with Crippen LogP contribution in [0.2, 0.25) is 0 Å². The molecule has 0 heterocycles. The van der Waals surface area contributed by atoms with Crippen LogP contribution in [0.15, 0.2) is 24.3 Å². The largest absolute Gasteiger partial charge is 0.464 e. The lowest BCUT2D eigenvalue weighted by molar-refractivity contribution is -0.144. The third kappa shape index (κ3) is 4.32. The number of carbonyl (C=O) groups excluding carboxylic acids is 2. The summed E-state index contributed by atoms with van der Waals surface area (Å²) in [6.45, 7) is 3.54. The van der Waals surface area contributed by atoms with E-state index >= 15 is 0 Å². The van der Waals surface area contributed by atoms with Gasteiger partial charge in [0, 0.05) is 11.4 Å². The van der Waals surface area contributed by atoms with E-state index in [4.69, 9.17) is 10.5 Å². The van der Waals surface area contributed by atoms with E-state index in [-0.39, 0.29) is 6.61 Å². The maximum absolute atomic E-state index is 11.6. The van der Waals surface area contributed by atoms with Gasteiger partial charge in [-0.1, -0.05) is 6.07 Å². The van der Waals surface area contributed by atoms with E-state index in [1.165, 1.54) is 0 Å². The smallest absolute Gasteiger partial charge is 0.328 e. The zero-order chi connectivity index (χ0) is 13.5. The molecule has 0 spiro atoms. The number of carbonyl (C=O) groups is 2. The van der Waals surface area contributed by atoms with E-state index in [1.54, 1.807) is 38.1 Å². The molecule has 6 nitrogen and oxygen atoms in total. The summed E-state index contributed by atoms with van der Waals surface area (Å²) in [4.78, 5) is 22.9. The van der Waals surface area contributed by atoms with E-state index in [2.05, 4.69) is 10.6 Å². The average molecular weight is 251 g/mol. The Kier molecular flexibility index (Phi) is 4.98. The molecule has 1 unspecified atom stereocenters. The van der Waals surface area contributed by atoms with Crippen LogP contribution in [0.3, 0.4) is 0 Å². The van der Waals surface area contributed by atoms with Gasteiger partial charge in [0.25, 0.3) is 0 Å². The van der Waals surface area contributed by atoms with Crippen LogP contribution in [0.1, 0.15) is 13.8 Å². The van der Waals surface area contributed by atoms with Crippen LogP contribution in [0, 0.1) is 0 Å². The fraction of sp³-hybridized carbons (Fsp3) is 0.333. The van der Waals surface area contributed by atoms with Crippen LogP contribution in [0.25, 0.3) is 0 Å². The molecule has 1 aromatic carbocycles. The molecule has 0 fully saturated rings. The van der Waals surface area contributed by atoms with Crippen molar-refractivity contribution in [1.29, 1.82) is 0 Å². The number of hydrogen-bond acceptors (Lipinski definition) is 4. The Morgan fingerprint density at radius 2 is 2.17 bits per heavy atom. The molecule has 2 amide bonds. The SMILES string of the molecule is CCOC(=O)C(C)NC(=O)Nc1cccc(N)c1. The molecule has 1 aromatic rings. The highest BCUT2D eigenvalue weighted by Crippen LogP contribution is 2.11. The molecular formula is C12H17N3O3. The summed E-state index contributed by atoms with van der Waals surface area (Å²) < 4.78 is 4.77. The summed E-state index contributed by atoms with van der Waals surface area (Å²) >= 11 is 0. The first kappa shape index (κ1) is 13.8. The molecule has 0 radical (unpaired) electrons. The Hall–Kier alpha value is -2.24. The van der Waals surface area contributed by atoms with Gasteiger partial charge in [-0.15, -0.1) is 0 Å². The molecule has 6 heteroatoms. The van der Waals surface area contributed by atoms with Crippen molar-refractivity contribution >= 4 is 23.4 Å². The van der Waals surface area contributed by atoms with Gasteiger partial charge >= 0.3 is 12.0 Å². The standard InChI is InChI=1S/C12H17N3O3/c1-3-18-11(16)8(2)14-12(17)15-10-6-4-5-9(13)7-10/h4-8H,3,13H2,1-2H3,(H2,14,15,17). The summed E-state index contributed by atoms with van der Waals surface area (Å²) in [6, 6.07) is 5.57. The minimum Gasteiger partial charge on any atom is -0.464 e. The summed E-state index contributed by atoms with van der Waals surface area (Å²) in [7, 11) is 0. The second-order valence-electron chi connectivity index (χ2n) is 3.70. The number of nitrogen functional groups attached to an aromatic ring is 1. The molecular weight excluding hydrogens is 234 g/mol. The predicted octanol–water partition coefficient (Wildman–Crippen LogP) is 1.34. The molecule has 0 saturated heterocycles. The van der Waals surface area contributed by atoms with Gasteiger partial charge in [-0.2, -0.15) is 0 Å². The number of benzene rings is 1. The Morgan fingerprint density at radius 3 is 2.78 bits per heavy atom. The van der Waals surface area contributed by atoms with Gasteiger partial charge in [0.05, 0.1) is 6.61 Å². The Bertz CT molecular complexity index is 434. The molecule has 0 aliphatic heterocycles. The Balaban J connectivity index is 2.49. The quantitative estimate of drug-likeness (QED) is 0.556. The first-order chi connectivity index (χ1) is 8.52. The van der Waals surface area contributed by atoms with Crippen LogP contribution in [-0.2, 0) is 9.53 Å². The predicted molar refractivity (Wildman–Crippen MR) is 69.1 cm³/mol. The van der Waals surface area contributed by atoms with Crippen molar-refractivity contribution in [2.75, 3.05) is 17.7 Å². The lowest BCUT2D eigenvalue weighted by atomic mass is 10.3. The van der Waals surface area contributed by atoms with E-state index in [9.17, 15) is 9.59 Å². The third-order valence-corrected chi connectivity index (χ3v) is 2.13. The van der Waals surface area contributed by atoms with E-state index < -0.39 is 18.0 Å². The van der Waals surface area contributed by atoms with E-state index in [0.717, 1.165) is 0 Å². The highest BCUT2D eigenvalue weighted by molar-refractivity contribution is 5.92. The van der Waals surface area contributed by atoms with Crippen LogP contribution < -0.4 is 16.4 Å². The highest BCUT2D eigenvalue weighted by atomic mass is 16.5. The van der Waals surface area contributed by atoms with Crippen molar-refractivity contribution in [1.82, 2.24) is 5.32 Å². The minimum absolute atomic E-state index is 0.279. The van der Waals surface area contributed by atoms with Gasteiger partial charge in [-0.3, -0.25) is 0 Å². The van der Waals surface area contributed by atoms with Crippen molar-refractivity contribution in [2.24, 2.45) is 0 Å². The van der Waals surface area contributed by atoms with Crippen molar-refractivity contribution in [2.45, 2.75) is 19.9 Å². The van der Waals surface area contributed by atoms with Crippen LogP contribution in [-0.4, -0.2) is 24.6 Å². The number of rotatable bonds is 4. The summed E-state index contributed by atoms with van der Waals surface area (Å²) in [6.07, 6.45) is 0. The monoisotopic (exact) mass is 251 g/mol. The maximum Gasteiger partial charge on any atom is 0.328 e. The van der Waals surface area contributed by atoms with Gasteiger partial charge in [-0.05, 0) is 32.0 Å². The Morgan fingerprint density at radius 1 is 1.44 bits per heavy atom. The van der Waals surface area contributed by atoms with Crippen molar-refractivity contribution < 1.29 is 14.3 Å². The molecule has 1 atom stereocenters. The fourth-order valence-corrected chi connectivity index (χ4v) is 1.31. The topological polar surface area (TPSA) is 93.4 Å². The first-order valence-electron chi connectivity index (χ1n) is 5.62. The molecule has 0 bridgehead atoms. The highest BCUT2D eigenvalue weighted by Gasteiger charge is 2.16. The summed E-state index contributed by atoms with van der Waals surface area (Å²) in [5, 5.41) is 5.04. The maximum atomic E-state index is 11.6. The zero-order valence-corrected chi connectivity index (χ0v) is 10.4. The zero-order valence-electron chi connectivity index (χ0n) is 10.4. The van der Waals surface area contributed by atoms with Crippen LogP contribution >= 0.6 is 0 Å². The van der Waals surface area contributed by atoms with Crippen LogP contribution in [0.5, 0.6) is 0 Å². The second kappa shape index (κ2) is 6.48. The molecule has 0 aliphatic carbocycles. The van der Waals surface area contributed by atoms with Gasteiger partial charge < -0.3 is 21.1 Å². The number of nitrogens with one attached hydrogen (secondary N) is 2. The van der Waals surface area contributed by atoms with Crippen molar-refractivity contribution in [3.8, 4) is 0 Å². The first-order valence-corrected chi connectivity index (χ1v) is 5.62. The lowest BCUT2D eigenvalue weighted by Gasteiger charge is -2.13. The molecule has 4 N–H and O–H groups in total.